The Morgan fingerprint density at radius 2 is 1.67 bits per heavy atom. The number of aliphatic imine (C=N–C) groups is 1. The van der Waals surface area contributed by atoms with Crippen LogP contribution >= 0.6 is 0 Å². The maximum Gasteiger partial charge on any atom is 0.416 e. The van der Waals surface area contributed by atoms with Gasteiger partial charge in [-0.2, -0.15) is 17.5 Å². The van der Waals surface area contributed by atoms with Crippen LogP contribution in [0.15, 0.2) is 58.4 Å². The number of carbonyl (C=O) groups is 1. The molecule has 6 rings (SSSR count). The summed E-state index contributed by atoms with van der Waals surface area (Å²) in [5.41, 5.74) is -2.06. The number of likely N-dealkylation sites (N-methyl/N-ethyl adjacent to an activating group) is 1. The minimum Gasteiger partial charge on any atom is -0.358 e. The van der Waals surface area contributed by atoms with Crippen LogP contribution in [0.2, 0.25) is 0 Å². The Bertz CT molecular complexity index is 1400. The highest BCUT2D eigenvalue weighted by molar-refractivity contribution is 7.89. The average Bonchev–Trinajstić information content (AvgIpc) is 3.54. The molecule has 0 spiro atoms. The van der Waals surface area contributed by atoms with Crippen molar-refractivity contribution >= 4 is 21.8 Å². The summed E-state index contributed by atoms with van der Waals surface area (Å²) >= 11 is 0. The van der Waals surface area contributed by atoms with Crippen molar-refractivity contribution < 1.29 is 30.8 Å². The molecule has 3 saturated carbocycles. The number of nitrogens with zero attached hydrogens (tertiary/aromatic N) is 3. The van der Waals surface area contributed by atoms with E-state index in [0.717, 1.165) is 24.3 Å². The number of carbonyl (C=O) groups excluding carboxylic acids is 1. The molecular weight excluding hydrogens is 536 g/mol. The number of rotatable bonds is 7. The fraction of sp³-hybridized carbons (Fsp3) is 0.481. The number of amides is 1. The van der Waals surface area contributed by atoms with Crippen molar-refractivity contribution in [3.8, 4) is 0 Å². The summed E-state index contributed by atoms with van der Waals surface area (Å²) in [5.74, 6) is 0.0634. The summed E-state index contributed by atoms with van der Waals surface area (Å²) in [6.45, 7) is 1.93. The van der Waals surface area contributed by atoms with E-state index in [0.29, 0.717) is 30.7 Å². The lowest BCUT2D eigenvalue weighted by Crippen LogP contribution is -2.55. The van der Waals surface area contributed by atoms with E-state index in [-0.39, 0.29) is 35.7 Å². The Kier molecular flexibility index (Phi) is 6.57. The van der Waals surface area contributed by atoms with Crippen LogP contribution in [0.3, 0.4) is 0 Å². The topological polar surface area (TPSA) is 82.1 Å². The molecular formula is C27H30F4N4O3S. The molecule has 39 heavy (non-hydrogen) atoms. The van der Waals surface area contributed by atoms with Gasteiger partial charge in [0.15, 0.2) is 0 Å². The Hall–Kier alpha value is -2.99. The Labute approximate surface area is 224 Å². The summed E-state index contributed by atoms with van der Waals surface area (Å²) in [6, 6.07) is 9.00. The van der Waals surface area contributed by atoms with Gasteiger partial charge in [0.1, 0.15) is 17.2 Å². The van der Waals surface area contributed by atoms with Crippen molar-refractivity contribution in [3.05, 3.63) is 65.5 Å². The summed E-state index contributed by atoms with van der Waals surface area (Å²) in [7, 11) is -0.780. The van der Waals surface area contributed by atoms with Crippen LogP contribution in [-0.4, -0.2) is 61.1 Å². The Balaban J connectivity index is 1.44. The van der Waals surface area contributed by atoms with E-state index >= 15 is 0 Å². The molecule has 1 amide bonds. The van der Waals surface area contributed by atoms with E-state index in [9.17, 15) is 30.8 Å². The van der Waals surface area contributed by atoms with Crippen molar-refractivity contribution in [3.63, 3.8) is 0 Å². The zero-order valence-corrected chi connectivity index (χ0v) is 22.6. The molecule has 1 N–H and O–H groups in total. The van der Waals surface area contributed by atoms with Crippen LogP contribution in [0.4, 0.5) is 17.6 Å². The number of nitrogens with one attached hydrogen (secondary N) is 1. The first kappa shape index (κ1) is 27.6. The first-order valence-electron chi connectivity index (χ1n) is 12.6. The quantitative estimate of drug-likeness (QED) is 0.513. The lowest BCUT2D eigenvalue weighted by Gasteiger charge is -2.46. The number of alkyl halides is 3. The standard InChI is InChI=1S/C27H30F4N4O3S/c1-25(24(36)34(2)3)16-32-23(33-25)22-14-26(12-18(22)13-26)35(39(37,38)21-10-8-20(28)9-11-21)15-17-4-6-19(7-5-17)27(29,30)31/h4-11,18,22H,12-16H2,1-3H3,(H,32,33)/t18?,22?,25-,26?/m1/s1. The molecule has 7 nitrogen and oxygen atoms in total. The van der Waals surface area contributed by atoms with Crippen LogP contribution in [0, 0.1) is 17.7 Å². The SMILES string of the molecule is CN(C)C(=O)[C@@]1(C)CN=C(C2CC3(N(Cc4ccc(C(F)(F)F)cc4)S(=O)(=O)c4ccc(F)cc4)CC2C3)N1. The molecule has 3 aliphatic carbocycles. The number of hydrogen-bond acceptors (Lipinski definition) is 5. The van der Waals surface area contributed by atoms with Crippen LogP contribution in [0.5, 0.6) is 0 Å². The van der Waals surface area contributed by atoms with E-state index in [1.165, 1.54) is 33.5 Å². The van der Waals surface area contributed by atoms with Crippen molar-refractivity contribution in [2.24, 2.45) is 16.8 Å². The van der Waals surface area contributed by atoms with Crippen molar-refractivity contribution in [2.45, 2.75) is 54.9 Å². The predicted molar refractivity (Wildman–Crippen MR) is 137 cm³/mol. The van der Waals surface area contributed by atoms with Crippen LogP contribution in [-0.2, 0) is 27.5 Å². The minimum absolute atomic E-state index is 0.0830. The molecule has 1 unspecified atom stereocenters. The molecule has 2 aromatic carbocycles. The van der Waals surface area contributed by atoms with E-state index in [1.807, 2.05) is 0 Å². The molecule has 1 heterocycles. The van der Waals surface area contributed by atoms with Gasteiger partial charge in [0, 0.05) is 32.1 Å². The molecule has 0 radical (unpaired) electrons. The second-order valence-corrected chi connectivity index (χ2v) is 13.1. The summed E-state index contributed by atoms with van der Waals surface area (Å²) in [5, 5.41) is 3.29. The third kappa shape index (κ3) is 4.82. The second kappa shape index (κ2) is 9.29. The van der Waals surface area contributed by atoms with E-state index in [4.69, 9.17) is 0 Å². The van der Waals surface area contributed by atoms with Gasteiger partial charge in [0.25, 0.3) is 0 Å². The van der Waals surface area contributed by atoms with Gasteiger partial charge in [-0.1, -0.05) is 12.1 Å². The monoisotopic (exact) mass is 566 g/mol. The van der Waals surface area contributed by atoms with E-state index < -0.39 is 38.7 Å². The number of hydrogen-bond donors (Lipinski definition) is 1. The molecule has 2 aromatic rings. The number of fused-ring (bicyclic) bond motifs is 1. The fourth-order valence-electron chi connectivity index (χ4n) is 6.20. The third-order valence-corrected chi connectivity index (χ3v) is 10.2. The largest absolute Gasteiger partial charge is 0.416 e. The maximum atomic E-state index is 13.9. The normalized spacial score (nSPS) is 28.2. The molecule has 4 aliphatic rings. The fourth-order valence-corrected chi connectivity index (χ4v) is 7.99. The maximum absolute atomic E-state index is 13.9. The second-order valence-electron chi connectivity index (χ2n) is 11.2. The van der Waals surface area contributed by atoms with Gasteiger partial charge in [-0.15, -0.1) is 0 Å². The smallest absolute Gasteiger partial charge is 0.358 e. The molecule has 12 heteroatoms. The zero-order chi connectivity index (χ0) is 28.4. The Morgan fingerprint density at radius 3 is 2.23 bits per heavy atom. The summed E-state index contributed by atoms with van der Waals surface area (Å²) in [6.07, 6.45) is -2.94. The average molecular weight is 567 g/mol. The highest BCUT2D eigenvalue weighted by Gasteiger charge is 2.63. The molecule has 2 atom stereocenters. The Morgan fingerprint density at radius 1 is 1.05 bits per heavy atom. The van der Waals surface area contributed by atoms with Gasteiger partial charge in [-0.05, 0) is 74.1 Å². The first-order valence-corrected chi connectivity index (χ1v) is 14.1. The van der Waals surface area contributed by atoms with E-state index in [1.54, 1.807) is 21.0 Å². The van der Waals surface area contributed by atoms with Crippen LogP contribution in [0.25, 0.3) is 0 Å². The summed E-state index contributed by atoms with van der Waals surface area (Å²) < 4.78 is 82.1. The van der Waals surface area contributed by atoms with Crippen LogP contribution < -0.4 is 5.32 Å². The number of sulfonamides is 1. The van der Waals surface area contributed by atoms with Gasteiger partial charge in [0.05, 0.1) is 17.0 Å². The van der Waals surface area contributed by atoms with Gasteiger partial charge >= 0.3 is 6.18 Å². The highest BCUT2D eigenvalue weighted by Crippen LogP contribution is 2.60. The third-order valence-electron chi connectivity index (χ3n) is 8.19. The van der Waals surface area contributed by atoms with Crippen molar-refractivity contribution in [1.29, 1.82) is 0 Å². The molecule has 0 saturated heterocycles. The number of halogens is 4. The number of benzene rings is 2. The van der Waals surface area contributed by atoms with Gasteiger partial charge in [0.2, 0.25) is 15.9 Å². The lowest BCUT2D eigenvalue weighted by molar-refractivity contribution is -0.137. The summed E-state index contributed by atoms with van der Waals surface area (Å²) in [4.78, 5) is 18.7. The lowest BCUT2D eigenvalue weighted by atomic mass is 9.76. The highest BCUT2D eigenvalue weighted by atomic mass is 32.2. The van der Waals surface area contributed by atoms with Crippen LogP contribution in [0.1, 0.15) is 37.3 Å². The predicted octanol–water partition coefficient (Wildman–Crippen LogP) is 4.05. The van der Waals surface area contributed by atoms with Gasteiger partial charge < -0.3 is 10.2 Å². The number of amidine groups is 1. The zero-order valence-electron chi connectivity index (χ0n) is 21.8. The van der Waals surface area contributed by atoms with Gasteiger partial charge in [-0.25, -0.2) is 12.8 Å². The molecule has 1 aliphatic heterocycles. The first-order chi connectivity index (χ1) is 18.1. The minimum atomic E-state index is -4.51. The molecule has 210 valence electrons. The molecule has 2 bridgehead atoms. The van der Waals surface area contributed by atoms with Crippen molar-refractivity contribution in [1.82, 2.24) is 14.5 Å². The molecule has 3 fully saturated rings. The molecule has 0 aromatic heterocycles. The van der Waals surface area contributed by atoms with Crippen molar-refractivity contribution in [2.75, 3.05) is 20.6 Å². The van der Waals surface area contributed by atoms with E-state index in [2.05, 4.69) is 10.3 Å². The van der Waals surface area contributed by atoms with Gasteiger partial charge in [-0.3, -0.25) is 9.79 Å².